The van der Waals surface area contributed by atoms with E-state index in [2.05, 4.69) is 15.1 Å². The quantitative estimate of drug-likeness (QED) is 0.794. The zero-order valence-corrected chi connectivity index (χ0v) is 11.0. The third kappa shape index (κ3) is 2.41. The molecular weight excluding hydrogens is 252 g/mol. The van der Waals surface area contributed by atoms with Crippen LogP contribution in [0.15, 0.2) is 18.5 Å². The van der Waals surface area contributed by atoms with E-state index in [1.165, 1.54) is 0 Å². The van der Waals surface area contributed by atoms with Gasteiger partial charge in [0.15, 0.2) is 5.82 Å². The third-order valence-electron chi connectivity index (χ3n) is 2.60. The summed E-state index contributed by atoms with van der Waals surface area (Å²) in [4.78, 5) is 19.9. The van der Waals surface area contributed by atoms with Crippen molar-refractivity contribution in [3.63, 3.8) is 0 Å². The Balaban J connectivity index is 2.27. The Bertz CT molecular complexity index is 565. The van der Waals surface area contributed by atoms with Crippen molar-refractivity contribution in [2.45, 2.75) is 26.8 Å². The average Bonchev–Trinajstić information content (AvgIpc) is 2.67. The highest BCUT2D eigenvalue weighted by molar-refractivity contribution is 6.32. The van der Waals surface area contributed by atoms with Crippen LogP contribution in [0.3, 0.4) is 0 Å². The van der Waals surface area contributed by atoms with Crippen molar-refractivity contribution >= 4 is 17.4 Å². The Morgan fingerprint density at radius 2 is 2.06 bits per heavy atom. The van der Waals surface area contributed by atoms with E-state index < -0.39 is 0 Å². The van der Waals surface area contributed by atoms with Gasteiger partial charge in [-0.05, 0) is 19.9 Å². The molecule has 0 fully saturated rings. The van der Waals surface area contributed by atoms with E-state index in [-0.39, 0.29) is 18.0 Å². The number of carbonyl (C=O) groups excluding carboxylic acids is 1. The molecule has 0 aliphatic carbocycles. The van der Waals surface area contributed by atoms with Gasteiger partial charge in [0.1, 0.15) is 0 Å². The van der Waals surface area contributed by atoms with E-state index >= 15 is 0 Å². The van der Waals surface area contributed by atoms with Crippen LogP contribution in [0.2, 0.25) is 5.02 Å². The monoisotopic (exact) mass is 264 g/mol. The minimum Gasteiger partial charge on any atom is -0.290 e. The molecule has 2 heterocycles. The molecule has 0 saturated carbocycles. The summed E-state index contributed by atoms with van der Waals surface area (Å²) in [7, 11) is 0. The van der Waals surface area contributed by atoms with E-state index in [9.17, 15) is 4.79 Å². The van der Waals surface area contributed by atoms with Gasteiger partial charge in [-0.1, -0.05) is 11.6 Å². The van der Waals surface area contributed by atoms with Crippen LogP contribution < -0.4 is 0 Å². The molecule has 0 atom stereocenters. The molecule has 94 valence electrons. The van der Waals surface area contributed by atoms with Gasteiger partial charge in [0.2, 0.25) is 5.78 Å². The van der Waals surface area contributed by atoms with Crippen LogP contribution >= 0.6 is 11.6 Å². The molecule has 0 amide bonds. The maximum Gasteiger partial charge on any atom is 0.206 e. The predicted octanol–water partition coefficient (Wildman–Crippen LogP) is 2.08. The topological polar surface area (TPSA) is 60.7 Å². The van der Waals surface area contributed by atoms with Crippen molar-refractivity contribution in [3.8, 4) is 0 Å². The molecule has 0 spiro atoms. The van der Waals surface area contributed by atoms with Gasteiger partial charge >= 0.3 is 0 Å². The normalized spacial score (nSPS) is 10.6. The smallest absolute Gasteiger partial charge is 0.206 e. The predicted molar refractivity (Wildman–Crippen MR) is 67.7 cm³/mol. The van der Waals surface area contributed by atoms with Crippen LogP contribution in [0, 0.1) is 6.92 Å². The highest BCUT2D eigenvalue weighted by Gasteiger charge is 2.18. The van der Waals surface area contributed by atoms with E-state index in [4.69, 9.17) is 11.6 Å². The zero-order chi connectivity index (χ0) is 13.1. The standard InChI is InChI=1S/C12H13ClN4O/c1-3-17-9(11(13)8(2)16-17)7-10(18)12-14-5-4-6-15-12/h4-6H,3,7H2,1-2H3. The SMILES string of the molecule is CCn1nc(C)c(Cl)c1CC(=O)c1ncccn1. The fourth-order valence-electron chi connectivity index (χ4n) is 1.71. The largest absolute Gasteiger partial charge is 0.290 e. The molecule has 0 aliphatic rings. The first-order chi connectivity index (χ1) is 8.63. The number of rotatable bonds is 4. The lowest BCUT2D eigenvalue weighted by molar-refractivity contribution is 0.0980. The molecule has 0 aliphatic heterocycles. The molecular formula is C12H13ClN4O. The minimum absolute atomic E-state index is 0.160. The number of nitrogens with zero attached hydrogens (tertiary/aromatic N) is 4. The van der Waals surface area contributed by atoms with Crippen LogP contribution in [0.1, 0.15) is 28.9 Å². The Kier molecular flexibility index (Phi) is 3.72. The van der Waals surface area contributed by atoms with Crippen LogP contribution in [-0.4, -0.2) is 25.5 Å². The number of Topliss-reactive ketones (excluding diaryl/α,β-unsaturated/α-hetero) is 1. The fourth-order valence-corrected chi connectivity index (χ4v) is 1.91. The van der Waals surface area contributed by atoms with Gasteiger partial charge in [-0.3, -0.25) is 9.48 Å². The molecule has 2 rings (SSSR count). The number of hydrogen-bond donors (Lipinski definition) is 0. The van der Waals surface area contributed by atoms with E-state index in [1.807, 2.05) is 13.8 Å². The van der Waals surface area contributed by atoms with Crippen molar-refractivity contribution in [1.82, 2.24) is 19.7 Å². The zero-order valence-electron chi connectivity index (χ0n) is 10.2. The minimum atomic E-state index is -0.160. The number of carbonyl (C=O) groups is 1. The molecule has 2 aromatic rings. The number of aryl methyl sites for hydroxylation is 2. The molecule has 0 bridgehead atoms. The van der Waals surface area contributed by atoms with Crippen LogP contribution in [0.4, 0.5) is 0 Å². The lowest BCUT2D eigenvalue weighted by Gasteiger charge is -2.03. The Morgan fingerprint density at radius 3 is 2.67 bits per heavy atom. The van der Waals surface area contributed by atoms with Crippen molar-refractivity contribution in [2.24, 2.45) is 0 Å². The molecule has 0 aromatic carbocycles. The van der Waals surface area contributed by atoms with Gasteiger partial charge in [0.05, 0.1) is 22.8 Å². The van der Waals surface area contributed by atoms with Crippen LogP contribution in [0.25, 0.3) is 0 Å². The van der Waals surface area contributed by atoms with Gasteiger partial charge in [0, 0.05) is 18.9 Å². The Labute approximate surface area is 110 Å². The lowest BCUT2D eigenvalue weighted by atomic mass is 10.2. The van der Waals surface area contributed by atoms with Gasteiger partial charge in [-0.2, -0.15) is 5.10 Å². The molecule has 6 heteroatoms. The summed E-state index contributed by atoms with van der Waals surface area (Å²) in [6, 6.07) is 1.67. The number of halogens is 1. The summed E-state index contributed by atoms with van der Waals surface area (Å²) in [6.45, 7) is 4.45. The van der Waals surface area contributed by atoms with Gasteiger partial charge in [0.25, 0.3) is 0 Å². The molecule has 2 aromatic heterocycles. The van der Waals surface area contributed by atoms with Crippen LogP contribution in [-0.2, 0) is 13.0 Å². The Hall–Kier alpha value is -1.75. The highest BCUT2D eigenvalue weighted by atomic mass is 35.5. The van der Waals surface area contributed by atoms with Crippen LogP contribution in [0.5, 0.6) is 0 Å². The highest BCUT2D eigenvalue weighted by Crippen LogP contribution is 2.21. The second kappa shape index (κ2) is 5.27. The van der Waals surface area contributed by atoms with Gasteiger partial charge in [-0.15, -0.1) is 0 Å². The average molecular weight is 265 g/mol. The van der Waals surface area contributed by atoms with E-state index in [0.717, 1.165) is 5.69 Å². The second-order valence-electron chi connectivity index (χ2n) is 3.83. The van der Waals surface area contributed by atoms with Gasteiger partial charge in [-0.25, -0.2) is 9.97 Å². The molecule has 0 radical (unpaired) electrons. The van der Waals surface area contributed by atoms with Crippen molar-refractivity contribution in [3.05, 3.63) is 40.7 Å². The number of aromatic nitrogens is 4. The first kappa shape index (κ1) is 12.7. The van der Waals surface area contributed by atoms with E-state index in [1.54, 1.807) is 23.1 Å². The number of ketones is 1. The fraction of sp³-hybridized carbons (Fsp3) is 0.333. The summed E-state index contributed by atoms with van der Waals surface area (Å²) in [5.74, 6) is 0.0437. The first-order valence-electron chi connectivity index (χ1n) is 5.65. The first-order valence-corrected chi connectivity index (χ1v) is 6.03. The maximum absolute atomic E-state index is 12.0. The molecule has 0 saturated heterocycles. The summed E-state index contributed by atoms with van der Waals surface area (Å²) < 4.78 is 1.73. The molecule has 5 nitrogen and oxygen atoms in total. The maximum atomic E-state index is 12.0. The van der Waals surface area contributed by atoms with Crippen molar-refractivity contribution < 1.29 is 4.79 Å². The number of hydrogen-bond acceptors (Lipinski definition) is 4. The lowest BCUT2D eigenvalue weighted by Crippen LogP contribution is -2.12. The van der Waals surface area contributed by atoms with Crippen molar-refractivity contribution in [2.75, 3.05) is 0 Å². The Morgan fingerprint density at radius 1 is 1.39 bits per heavy atom. The summed E-state index contributed by atoms with van der Waals surface area (Å²) in [5, 5.41) is 4.81. The molecule has 18 heavy (non-hydrogen) atoms. The molecule has 0 N–H and O–H groups in total. The second-order valence-corrected chi connectivity index (χ2v) is 4.21. The third-order valence-corrected chi connectivity index (χ3v) is 3.09. The summed E-state index contributed by atoms with van der Waals surface area (Å²) in [5.41, 5.74) is 1.45. The van der Waals surface area contributed by atoms with E-state index in [0.29, 0.717) is 17.3 Å². The van der Waals surface area contributed by atoms with Gasteiger partial charge < -0.3 is 0 Å². The molecule has 0 unspecified atom stereocenters. The van der Waals surface area contributed by atoms with Crippen molar-refractivity contribution in [1.29, 1.82) is 0 Å². The summed E-state index contributed by atoms with van der Waals surface area (Å²) >= 11 is 6.15. The summed E-state index contributed by atoms with van der Waals surface area (Å²) in [6.07, 6.45) is 3.26.